The Morgan fingerprint density at radius 2 is 2.05 bits per heavy atom. The number of piperidine rings is 1. The smallest absolute Gasteiger partial charge is 0.276 e. The highest BCUT2D eigenvalue weighted by Gasteiger charge is 2.26. The number of hydrogen-bond acceptors (Lipinski definition) is 6. The van der Waals surface area contributed by atoms with Crippen LogP contribution in [0.5, 0.6) is 0 Å². The van der Waals surface area contributed by atoms with Crippen LogP contribution in [0.15, 0.2) is 12.7 Å². The molecule has 1 fully saturated rings. The van der Waals surface area contributed by atoms with Crippen molar-refractivity contribution in [1.82, 2.24) is 23.8 Å². The van der Waals surface area contributed by atoms with E-state index in [9.17, 15) is 8.42 Å². The lowest BCUT2D eigenvalue weighted by molar-refractivity contribution is 0.330. The van der Waals surface area contributed by atoms with Crippen LogP contribution in [0, 0.1) is 0 Å². The van der Waals surface area contributed by atoms with E-state index in [-0.39, 0.29) is 6.04 Å². The molecule has 22 heavy (non-hydrogen) atoms. The quantitative estimate of drug-likeness (QED) is 0.812. The van der Waals surface area contributed by atoms with Gasteiger partial charge in [0.25, 0.3) is 10.2 Å². The average Bonchev–Trinajstić information content (AvgIpc) is 2.91. The monoisotopic (exact) mass is 325 g/mol. The van der Waals surface area contributed by atoms with Crippen molar-refractivity contribution in [2.45, 2.75) is 32.4 Å². The summed E-state index contributed by atoms with van der Waals surface area (Å²) in [6.07, 6.45) is 4.61. The number of imidazole rings is 1. The van der Waals surface area contributed by atoms with Gasteiger partial charge in [0.2, 0.25) is 0 Å². The van der Waals surface area contributed by atoms with Crippen molar-refractivity contribution >= 4 is 27.2 Å². The molecule has 0 atom stereocenters. The van der Waals surface area contributed by atoms with Crippen LogP contribution in [-0.2, 0) is 16.8 Å². The number of rotatable bonds is 4. The number of fused-ring (bicyclic) bond motifs is 1. The molecule has 0 radical (unpaired) electrons. The lowest BCUT2D eigenvalue weighted by Crippen LogP contribution is -2.45. The Hall–Kier alpha value is -1.78. The number of nitrogens with one attached hydrogen (secondary N) is 1. The van der Waals surface area contributed by atoms with Crippen molar-refractivity contribution in [3.05, 3.63) is 12.7 Å². The maximum atomic E-state index is 11.3. The van der Waals surface area contributed by atoms with Gasteiger partial charge in [0, 0.05) is 25.7 Å². The van der Waals surface area contributed by atoms with Gasteiger partial charge >= 0.3 is 0 Å². The summed E-state index contributed by atoms with van der Waals surface area (Å²) >= 11 is 0. The molecule has 0 aliphatic carbocycles. The lowest BCUT2D eigenvalue weighted by Gasteiger charge is -2.30. The number of aromatic nitrogens is 4. The first-order valence-corrected chi connectivity index (χ1v) is 8.69. The molecule has 3 heterocycles. The van der Waals surface area contributed by atoms with Crippen molar-refractivity contribution in [3.8, 4) is 0 Å². The van der Waals surface area contributed by atoms with Crippen LogP contribution in [0.3, 0.4) is 0 Å². The van der Waals surface area contributed by atoms with Crippen LogP contribution in [0.4, 0.5) is 5.82 Å². The Morgan fingerprint density at radius 1 is 1.32 bits per heavy atom. The third kappa shape index (κ3) is 2.89. The summed E-state index contributed by atoms with van der Waals surface area (Å²) in [4.78, 5) is 12.9. The zero-order valence-electron chi connectivity index (χ0n) is 12.3. The van der Waals surface area contributed by atoms with Crippen LogP contribution in [0.2, 0.25) is 0 Å². The second-order valence-corrected chi connectivity index (χ2v) is 6.83. The molecule has 10 heteroatoms. The van der Waals surface area contributed by atoms with Gasteiger partial charge in [-0.15, -0.1) is 0 Å². The molecule has 120 valence electrons. The van der Waals surface area contributed by atoms with Crippen LogP contribution in [-0.4, -0.2) is 51.4 Å². The molecule has 0 amide bonds. The van der Waals surface area contributed by atoms with Gasteiger partial charge < -0.3 is 9.88 Å². The number of hydrogen-bond donors (Lipinski definition) is 2. The van der Waals surface area contributed by atoms with E-state index in [0.29, 0.717) is 31.7 Å². The Balaban J connectivity index is 1.74. The SMILES string of the molecule is CCn1cnc2c(NC3CCN(S(N)(=O)=O)CC3)ncnc21. The van der Waals surface area contributed by atoms with Gasteiger partial charge in [-0.25, -0.2) is 20.1 Å². The highest BCUT2D eigenvalue weighted by molar-refractivity contribution is 7.86. The fourth-order valence-corrected chi connectivity index (χ4v) is 3.39. The Bertz CT molecular complexity index is 765. The number of anilines is 1. The molecule has 2 aromatic rings. The summed E-state index contributed by atoms with van der Waals surface area (Å²) in [6.45, 7) is 3.64. The zero-order valence-corrected chi connectivity index (χ0v) is 13.1. The zero-order chi connectivity index (χ0) is 15.7. The second kappa shape index (κ2) is 5.78. The van der Waals surface area contributed by atoms with E-state index in [1.165, 1.54) is 10.6 Å². The second-order valence-electron chi connectivity index (χ2n) is 5.29. The summed E-state index contributed by atoms with van der Waals surface area (Å²) in [5.41, 5.74) is 1.53. The van der Waals surface area contributed by atoms with Gasteiger partial charge in [0.05, 0.1) is 6.33 Å². The molecule has 9 nitrogen and oxygen atoms in total. The fraction of sp³-hybridized carbons (Fsp3) is 0.583. The largest absolute Gasteiger partial charge is 0.365 e. The third-order valence-electron chi connectivity index (χ3n) is 3.90. The predicted octanol–water partition coefficient (Wildman–Crippen LogP) is -0.0740. The highest BCUT2D eigenvalue weighted by atomic mass is 32.2. The van der Waals surface area contributed by atoms with E-state index < -0.39 is 10.2 Å². The lowest BCUT2D eigenvalue weighted by atomic mass is 10.1. The maximum absolute atomic E-state index is 11.3. The van der Waals surface area contributed by atoms with E-state index in [1.807, 2.05) is 11.5 Å². The number of nitrogens with two attached hydrogens (primary N) is 1. The summed E-state index contributed by atoms with van der Waals surface area (Å²) in [5, 5.41) is 8.49. The summed E-state index contributed by atoms with van der Waals surface area (Å²) in [7, 11) is -3.59. The highest BCUT2D eigenvalue weighted by Crippen LogP contribution is 2.21. The molecule has 0 unspecified atom stereocenters. The standard InChI is InChI=1S/C12H19N7O2S/c1-2-18-8-16-10-11(14-7-15-12(10)18)17-9-3-5-19(6-4-9)22(13,20)21/h7-9H,2-6H2,1H3,(H2,13,20,21)(H,14,15,17). The molecule has 0 saturated carbocycles. The first kappa shape index (κ1) is 15.1. The number of aryl methyl sites for hydroxylation is 1. The van der Waals surface area contributed by atoms with E-state index in [4.69, 9.17) is 5.14 Å². The molecule has 3 N–H and O–H groups in total. The maximum Gasteiger partial charge on any atom is 0.276 e. The predicted molar refractivity (Wildman–Crippen MR) is 82.3 cm³/mol. The van der Waals surface area contributed by atoms with Crippen molar-refractivity contribution in [2.24, 2.45) is 5.14 Å². The van der Waals surface area contributed by atoms with Gasteiger partial charge in [-0.2, -0.15) is 12.7 Å². The topological polar surface area (TPSA) is 119 Å². The molecule has 2 aromatic heterocycles. The van der Waals surface area contributed by atoms with E-state index in [0.717, 1.165) is 17.7 Å². The first-order chi connectivity index (χ1) is 10.5. The van der Waals surface area contributed by atoms with E-state index in [2.05, 4.69) is 20.3 Å². The molecule has 1 aliphatic heterocycles. The average molecular weight is 325 g/mol. The van der Waals surface area contributed by atoms with E-state index in [1.54, 1.807) is 6.33 Å². The Kier molecular flexibility index (Phi) is 3.98. The summed E-state index contributed by atoms with van der Waals surface area (Å²) in [6, 6.07) is 0.142. The van der Waals surface area contributed by atoms with Crippen molar-refractivity contribution in [1.29, 1.82) is 0 Å². The number of nitrogens with zero attached hydrogens (tertiary/aromatic N) is 5. The molecule has 1 saturated heterocycles. The van der Waals surface area contributed by atoms with Gasteiger partial charge in [-0.3, -0.25) is 0 Å². The fourth-order valence-electron chi connectivity index (χ4n) is 2.67. The van der Waals surface area contributed by atoms with Crippen LogP contribution >= 0.6 is 0 Å². The normalized spacial score (nSPS) is 17.9. The Labute approximate surface area is 128 Å². The van der Waals surface area contributed by atoms with E-state index >= 15 is 0 Å². The van der Waals surface area contributed by atoms with Crippen molar-refractivity contribution < 1.29 is 8.42 Å². The molecular weight excluding hydrogens is 306 g/mol. The minimum Gasteiger partial charge on any atom is -0.365 e. The molecule has 3 rings (SSSR count). The molecule has 0 aromatic carbocycles. The van der Waals surface area contributed by atoms with Crippen LogP contribution in [0.25, 0.3) is 11.2 Å². The minimum atomic E-state index is -3.59. The van der Waals surface area contributed by atoms with Gasteiger partial charge in [-0.05, 0) is 19.8 Å². The molecule has 0 spiro atoms. The first-order valence-electron chi connectivity index (χ1n) is 7.19. The summed E-state index contributed by atoms with van der Waals surface area (Å²) < 4.78 is 25.9. The van der Waals surface area contributed by atoms with Gasteiger partial charge in [0.15, 0.2) is 11.5 Å². The molecule has 1 aliphatic rings. The van der Waals surface area contributed by atoms with Gasteiger partial charge in [0.1, 0.15) is 11.8 Å². The van der Waals surface area contributed by atoms with Crippen molar-refractivity contribution in [2.75, 3.05) is 18.4 Å². The third-order valence-corrected chi connectivity index (χ3v) is 4.98. The van der Waals surface area contributed by atoms with Gasteiger partial charge in [-0.1, -0.05) is 0 Å². The van der Waals surface area contributed by atoms with Crippen LogP contribution in [0.1, 0.15) is 19.8 Å². The molecular formula is C12H19N7O2S. The van der Waals surface area contributed by atoms with Crippen molar-refractivity contribution in [3.63, 3.8) is 0 Å². The Morgan fingerprint density at radius 3 is 2.68 bits per heavy atom. The molecule has 0 bridgehead atoms. The van der Waals surface area contributed by atoms with Crippen LogP contribution < -0.4 is 10.5 Å². The summed E-state index contributed by atoms with van der Waals surface area (Å²) in [5.74, 6) is 0.686. The minimum absolute atomic E-state index is 0.142.